The van der Waals surface area contributed by atoms with E-state index >= 15 is 0 Å². The molecule has 0 aliphatic rings. The normalized spacial score (nSPS) is 13.5. The number of rotatable bonds is 41. The van der Waals surface area contributed by atoms with Crippen molar-refractivity contribution in [3.8, 4) is 0 Å². The van der Waals surface area contributed by atoms with E-state index < -0.39 is 25.6 Å². The summed E-state index contributed by atoms with van der Waals surface area (Å²) in [7, 11) is -5.87. The van der Waals surface area contributed by atoms with Gasteiger partial charge in [0.25, 0.3) is 0 Å². The lowest BCUT2D eigenvalue weighted by Crippen LogP contribution is -2.37. The predicted octanol–water partition coefficient (Wildman–Crippen LogP) is 8.25. The molecular formula is C37H75F2N2O8PS. The zero-order valence-electron chi connectivity index (χ0n) is 32.1. The molecule has 14 heteroatoms. The number of alkyl halides is 2. The van der Waals surface area contributed by atoms with Gasteiger partial charge in [0.2, 0.25) is 5.78 Å². The van der Waals surface area contributed by atoms with E-state index in [9.17, 15) is 18.1 Å². The van der Waals surface area contributed by atoms with Gasteiger partial charge >= 0.3 is 13.3 Å². The summed E-state index contributed by atoms with van der Waals surface area (Å²) >= 11 is 1.77. The minimum absolute atomic E-state index is 0.0418. The molecule has 0 heterocycles. The highest BCUT2D eigenvalue weighted by Gasteiger charge is 2.55. The fourth-order valence-electron chi connectivity index (χ4n) is 5.37. The van der Waals surface area contributed by atoms with Crippen molar-refractivity contribution in [2.45, 2.75) is 160 Å². The molecular weight excluding hydrogens is 701 g/mol. The summed E-state index contributed by atoms with van der Waals surface area (Å²) in [4.78, 5) is 28.4. The van der Waals surface area contributed by atoms with E-state index in [-0.39, 0.29) is 25.4 Å². The monoisotopic (exact) mass is 776 g/mol. The van der Waals surface area contributed by atoms with Crippen LogP contribution in [0.3, 0.4) is 0 Å². The maximum absolute atomic E-state index is 13.3. The molecule has 0 unspecified atom stereocenters. The van der Waals surface area contributed by atoms with Gasteiger partial charge in [-0.3, -0.25) is 9.36 Å². The van der Waals surface area contributed by atoms with Crippen LogP contribution in [0.2, 0.25) is 0 Å². The molecule has 306 valence electrons. The zero-order chi connectivity index (χ0) is 37.9. The van der Waals surface area contributed by atoms with Crippen LogP contribution in [0.4, 0.5) is 8.78 Å². The van der Waals surface area contributed by atoms with Crippen molar-refractivity contribution in [1.82, 2.24) is 5.32 Å². The van der Waals surface area contributed by atoms with Gasteiger partial charge in [-0.25, -0.2) is 0 Å². The highest BCUT2D eigenvalue weighted by Crippen LogP contribution is 2.53. The average Bonchev–Trinajstić information content (AvgIpc) is 3.09. The fourth-order valence-corrected chi connectivity index (χ4v) is 6.77. The molecule has 10 nitrogen and oxygen atoms in total. The van der Waals surface area contributed by atoms with Crippen LogP contribution >= 0.6 is 19.4 Å². The first kappa shape index (κ1) is 50.8. The van der Waals surface area contributed by atoms with Crippen LogP contribution in [0.15, 0.2) is 0 Å². The number of halogens is 2. The summed E-state index contributed by atoms with van der Waals surface area (Å²) in [6, 6.07) is -0.0600. The number of thioether (sulfide) groups is 1. The van der Waals surface area contributed by atoms with Crippen LogP contribution in [0.25, 0.3) is 0 Å². The second-order valence-electron chi connectivity index (χ2n) is 13.6. The van der Waals surface area contributed by atoms with Crippen LogP contribution in [0, 0.1) is 0 Å². The van der Waals surface area contributed by atoms with Crippen molar-refractivity contribution in [1.29, 1.82) is 0 Å². The molecule has 0 aromatic rings. The Kier molecular flexibility index (Phi) is 35.3. The molecule has 0 aliphatic heterocycles. The molecule has 0 saturated carbocycles. The van der Waals surface area contributed by atoms with Crippen molar-refractivity contribution in [2.24, 2.45) is 5.73 Å². The summed E-state index contributed by atoms with van der Waals surface area (Å²) in [5, 5.41) is 3.22. The van der Waals surface area contributed by atoms with Gasteiger partial charge in [-0.2, -0.15) is 20.5 Å². The van der Waals surface area contributed by atoms with Crippen molar-refractivity contribution in [2.75, 3.05) is 70.8 Å². The number of nitrogens with one attached hydrogen (secondary N) is 1. The zero-order valence-corrected chi connectivity index (χ0v) is 33.8. The molecule has 0 aliphatic carbocycles. The molecule has 0 bridgehead atoms. The second kappa shape index (κ2) is 35.5. The van der Waals surface area contributed by atoms with Gasteiger partial charge in [0.05, 0.1) is 32.5 Å². The number of ketones is 1. The van der Waals surface area contributed by atoms with E-state index in [2.05, 4.69) is 19.2 Å². The highest BCUT2D eigenvalue weighted by molar-refractivity contribution is 7.99. The minimum atomic E-state index is -5.87. The molecule has 0 spiro atoms. The van der Waals surface area contributed by atoms with E-state index in [1.54, 1.807) is 11.8 Å². The summed E-state index contributed by atoms with van der Waals surface area (Å²) in [5.41, 5.74) is 1.55. The number of Topliss-reactive ketones (excluding diaryl/α,β-unsaturated/α-hetero) is 1. The maximum atomic E-state index is 13.3. The van der Waals surface area contributed by atoms with Gasteiger partial charge in [-0.1, -0.05) is 129 Å². The number of hydrogen-bond acceptors (Lipinski definition) is 9. The van der Waals surface area contributed by atoms with Gasteiger partial charge in [0.15, 0.2) is 0 Å². The lowest BCUT2D eigenvalue weighted by Gasteiger charge is -2.19. The Morgan fingerprint density at radius 3 is 1.73 bits per heavy atom. The van der Waals surface area contributed by atoms with Crippen molar-refractivity contribution in [3.63, 3.8) is 0 Å². The SMILES string of the molecule is CCCCCCCCCCCCOC[C@H](CSC[C@H](N)CNCCOCCOCC(=O)C(F)(F)P(=O)(O)O)OCCCCCCCCCCCC. The minimum Gasteiger partial charge on any atom is -0.379 e. The van der Waals surface area contributed by atoms with E-state index in [1.807, 2.05) is 0 Å². The molecule has 2 atom stereocenters. The van der Waals surface area contributed by atoms with Gasteiger partial charge in [0, 0.05) is 43.9 Å². The van der Waals surface area contributed by atoms with Crippen LogP contribution in [-0.2, 0) is 28.3 Å². The van der Waals surface area contributed by atoms with E-state index in [1.165, 1.54) is 116 Å². The molecule has 0 fully saturated rings. The quantitative estimate of drug-likeness (QED) is 0.0351. The predicted molar refractivity (Wildman–Crippen MR) is 206 cm³/mol. The third kappa shape index (κ3) is 31.8. The number of carbonyl (C=O) groups excluding carboxylic acids is 1. The van der Waals surface area contributed by atoms with E-state index in [0.29, 0.717) is 26.3 Å². The second-order valence-corrected chi connectivity index (χ2v) is 16.3. The Balaban J connectivity index is 4.14. The van der Waals surface area contributed by atoms with Crippen LogP contribution in [0.5, 0.6) is 0 Å². The van der Waals surface area contributed by atoms with Crippen LogP contribution in [0.1, 0.15) is 142 Å². The third-order valence-electron chi connectivity index (χ3n) is 8.57. The Bertz CT molecular complexity index is 831. The fraction of sp³-hybridized carbons (Fsp3) is 0.973. The van der Waals surface area contributed by atoms with Crippen LogP contribution in [-0.4, -0.2) is 104 Å². The number of hydrogen-bond donors (Lipinski definition) is 4. The van der Waals surface area contributed by atoms with Gasteiger partial charge in [-0.15, -0.1) is 0 Å². The largest absolute Gasteiger partial charge is 0.404 e. The van der Waals surface area contributed by atoms with E-state index in [4.69, 9.17) is 34.5 Å². The summed E-state index contributed by atoms with van der Waals surface area (Å²) in [5.74, 6) is -0.367. The smallest absolute Gasteiger partial charge is 0.379 e. The number of ether oxygens (including phenoxy) is 4. The molecule has 51 heavy (non-hydrogen) atoms. The van der Waals surface area contributed by atoms with Gasteiger partial charge in [0.1, 0.15) is 6.61 Å². The van der Waals surface area contributed by atoms with E-state index in [0.717, 1.165) is 37.6 Å². The first-order valence-corrected chi connectivity index (χ1v) is 22.7. The first-order chi connectivity index (χ1) is 24.6. The standard InChI is InChI=1S/C37H75F2N2O8PS/c1-3-5-7-9-11-13-15-17-19-21-24-47-30-35(49-25-22-20-18-16-14-12-10-8-6-4-2)33-51-32-34(40)29-41-23-26-46-27-28-48-31-36(42)37(38,39)50(43,44)45/h34-35,41H,3-33,40H2,1-2H3,(H2,43,44,45)/t34-,35-/m1/s1. The van der Waals surface area contributed by atoms with Gasteiger partial charge in [-0.05, 0) is 12.8 Å². The molecule has 0 aromatic heterocycles. The molecule has 0 rings (SSSR count). The molecule has 0 radical (unpaired) electrons. The Morgan fingerprint density at radius 1 is 0.706 bits per heavy atom. The molecule has 0 aromatic carbocycles. The lowest BCUT2D eigenvalue weighted by molar-refractivity contribution is -0.140. The van der Waals surface area contributed by atoms with Crippen LogP contribution < -0.4 is 11.1 Å². The average molecular weight is 777 g/mol. The molecule has 5 N–H and O–H groups in total. The summed E-state index contributed by atoms with van der Waals surface area (Å²) < 4.78 is 59.6. The summed E-state index contributed by atoms with van der Waals surface area (Å²) in [6.07, 6.45) is 26.1. The molecule has 0 saturated heterocycles. The summed E-state index contributed by atoms with van der Waals surface area (Å²) in [6.45, 7) is 6.87. The number of unbranched alkanes of at least 4 members (excludes halogenated alkanes) is 18. The first-order valence-electron chi connectivity index (χ1n) is 19.9. The highest BCUT2D eigenvalue weighted by atomic mass is 32.2. The Morgan fingerprint density at radius 2 is 1.20 bits per heavy atom. The third-order valence-corrected chi connectivity index (χ3v) is 10.8. The van der Waals surface area contributed by atoms with Crippen molar-refractivity contribution >= 4 is 25.1 Å². The Hall–Kier alpha value is -0.210. The van der Waals surface area contributed by atoms with Gasteiger partial charge < -0.3 is 39.8 Å². The molecule has 0 amide bonds. The number of nitrogens with two attached hydrogens (primary N) is 1. The number of carbonyl (C=O) groups is 1. The van der Waals surface area contributed by atoms with Crippen molar-refractivity contribution < 1.29 is 46.9 Å². The topological polar surface area (TPSA) is 150 Å². The lowest BCUT2D eigenvalue weighted by atomic mass is 10.1. The maximum Gasteiger partial charge on any atom is 0.404 e. The van der Waals surface area contributed by atoms with Crippen molar-refractivity contribution in [3.05, 3.63) is 0 Å². The Labute approximate surface area is 313 Å².